The van der Waals surface area contributed by atoms with E-state index in [2.05, 4.69) is 16.7 Å². The van der Waals surface area contributed by atoms with Gasteiger partial charge in [0.2, 0.25) is 9.70 Å². The van der Waals surface area contributed by atoms with Gasteiger partial charge in [0, 0.05) is 11.3 Å². The van der Waals surface area contributed by atoms with Crippen LogP contribution in [0.25, 0.3) is 0 Å². The molecule has 0 spiro atoms. The molecule has 1 aliphatic carbocycles. The summed E-state index contributed by atoms with van der Waals surface area (Å²) in [5, 5.41) is 15.6. The Kier molecular flexibility index (Phi) is 5.26. The highest BCUT2D eigenvalue weighted by Gasteiger charge is 2.35. The lowest BCUT2D eigenvalue weighted by Gasteiger charge is -2.26. The van der Waals surface area contributed by atoms with E-state index in [-0.39, 0.29) is 12.3 Å². The molecule has 2 rings (SSSR count). The zero-order valence-corrected chi connectivity index (χ0v) is 14.4. The standard InChI is InChI=1S/C13H14Cl3N3OS/c1-2-10(20)18-12(13(14,15)16)19-11-8(6-17)7-4-3-5-9(7)21-11/h12,19H,2-5H2,1H3,(H,18,20). The van der Waals surface area contributed by atoms with Gasteiger partial charge in [0.05, 0.1) is 5.56 Å². The molecule has 0 saturated carbocycles. The van der Waals surface area contributed by atoms with Crippen LogP contribution in [0.1, 0.15) is 35.8 Å². The van der Waals surface area contributed by atoms with Gasteiger partial charge in [0.15, 0.2) is 0 Å². The second-order valence-electron chi connectivity index (χ2n) is 4.71. The Morgan fingerprint density at radius 1 is 1.48 bits per heavy atom. The first-order chi connectivity index (χ1) is 9.86. The molecule has 0 fully saturated rings. The predicted octanol–water partition coefficient (Wildman–Crippen LogP) is 3.74. The fraction of sp³-hybridized carbons (Fsp3) is 0.538. The van der Waals surface area contributed by atoms with Gasteiger partial charge < -0.3 is 10.6 Å². The van der Waals surface area contributed by atoms with E-state index in [0.29, 0.717) is 10.6 Å². The van der Waals surface area contributed by atoms with Gasteiger partial charge in [-0.2, -0.15) is 5.26 Å². The van der Waals surface area contributed by atoms with E-state index < -0.39 is 9.96 Å². The van der Waals surface area contributed by atoms with Crippen molar-refractivity contribution in [2.24, 2.45) is 0 Å². The zero-order chi connectivity index (χ0) is 15.6. The molecule has 1 aromatic rings. The van der Waals surface area contributed by atoms with Crippen LogP contribution in [0.5, 0.6) is 0 Å². The van der Waals surface area contributed by atoms with Crippen LogP contribution in [-0.4, -0.2) is 15.9 Å². The maximum Gasteiger partial charge on any atom is 0.228 e. The first kappa shape index (κ1) is 16.7. The largest absolute Gasteiger partial charge is 0.352 e. The molecule has 1 heterocycles. The van der Waals surface area contributed by atoms with Crippen molar-refractivity contribution >= 4 is 57.0 Å². The molecule has 4 nitrogen and oxygen atoms in total. The van der Waals surface area contributed by atoms with Crippen LogP contribution in [-0.2, 0) is 17.6 Å². The highest BCUT2D eigenvalue weighted by atomic mass is 35.6. The highest BCUT2D eigenvalue weighted by Crippen LogP contribution is 2.40. The minimum atomic E-state index is -1.72. The van der Waals surface area contributed by atoms with Crippen molar-refractivity contribution in [3.8, 4) is 6.07 Å². The Hall–Kier alpha value is -0.670. The number of fused-ring (bicyclic) bond motifs is 1. The van der Waals surface area contributed by atoms with Crippen molar-refractivity contribution in [2.75, 3.05) is 5.32 Å². The van der Waals surface area contributed by atoms with E-state index >= 15 is 0 Å². The summed E-state index contributed by atoms with van der Waals surface area (Å²) in [7, 11) is 0. The number of nitriles is 1. The summed E-state index contributed by atoms with van der Waals surface area (Å²) in [6, 6.07) is 2.21. The fourth-order valence-corrected chi connectivity index (χ4v) is 3.81. The van der Waals surface area contributed by atoms with E-state index in [1.807, 2.05) is 0 Å². The van der Waals surface area contributed by atoms with Gasteiger partial charge in [0.1, 0.15) is 17.2 Å². The molecule has 0 aliphatic heterocycles. The third-order valence-corrected chi connectivity index (χ3v) is 5.14. The number of hydrogen-bond donors (Lipinski definition) is 2. The number of hydrogen-bond acceptors (Lipinski definition) is 4. The van der Waals surface area contributed by atoms with Gasteiger partial charge in [-0.05, 0) is 24.8 Å². The summed E-state index contributed by atoms with van der Waals surface area (Å²) in [5.41, 5.74) is 1.67. The Bertz CT molecular complexity index is 589. The molecule has 0 bridgehead atoms. The molecule has 2 N–H and O–H groups in total. The Morgan fingerprint density at radius 3 is 2.76 bits per heavy atom. The molecule has 1 amide bonds. The summed E-state index contributed by atoms with van der Waals surface area (Å²) in [6.07, 6.45) is 2.33. The molecule has 1 atom stereocenters. The number of thiophene rings is 1. The summed E-state index contributed by atoms with van der Waals surface area (Å²) in [5.74, 6) is -0.235. The minimum Gasteiger partial charge on any atom is -0.352 e. The summed E-state index contributed by atoms with van der Waals surface area (Å²) in [4.78, 5) is 12.8. The first-order valence-corrected chi connectivity index (χ1v) is 8.49. The number of alkyl halides is 3. The number of nitrogens with zero attached hydrogens (tertiary/aromatic N) is 1. The molecule has 1 unspecified atom stereocenters. The Labute approximate surface area is 142 Å². The summed E-state index contributed by atoms with van der Waals surface area (Å²) in [6.45, 7) is 1.71. The third-order valence-electron chi connectivity index (χ3n) is 3.26. The van der Waals surface area contributed by atoms with Gasteiger partial charge >= 0.3 is 0 Å². The summed E-state index contributed by atoms with van der Waals surface area (Å²) < 4.78 is -1.72. The SMILES string of the molecule is CCC(=O)NC(Nc1sc2c(c1C#N)CCC2)C(Cl)(Cl)Cl. The lowest BCUT2D eigenvalue weighted by atomic mass is 10.1. The smallest absolute Gasteiger partial charge is 0.228 e. The second kappa shape index (κ2) is 6.62. The van der Waals surface area contributed by atoms with Gasteiger partial charge in [-0.3, -0.25) is 4.79 Å². The van der Waals surface area contributed by atoms with Crippen molar-refractivity contribution in [3.05, 3.63) is 16.0 Å². The van der Waals surface area contributed by atoms with Crippen LogP contribution in [0.15, 0.2) is 0 Å². The monoisotopic (exact) mass is 365 g/mol. The van der Waals surface area contributed by atoms with Crippen LogP contribution in [0.3, 0.4) is 0 Å². The molecule has 1 aromatic heterocycles. The van der Waals surface area contributed by atoms with E-state index in [1.54, 1.807) is 6.92 Å². The summed E-state index contributed by atoms with van der Waals surface area (Å²) >= 11 is 19.2. The van der Waals surface area contributed by atoms with Crippen molar-refractivity contribution in [3.63, 3.8) is 0 Å². The number of rotatable bonds is 4. The quantitative estimate of drug-likeness (QED) is 0.630. The first-order valence-electron chi connectivity index (χ1n) is 6.54. The third kappa shape index (κ3) is 3.75. The molecule has 0 saturated heterocycles. The minimum absolute atomic E-state index is 0.235. The molecular weight excluding hydrogens is 353 g/mol. The maximum absolute atomic E-state index is 11.6. The van der Waals surface area contributed by atoms with Crippen LogP contribution < -0.4 is 10.6 Å². The van der Waals surface area contributed by atoms with Crippen molar-refractivity contribution in [1.29, 1.82) is 5.26 Å². The number of anilines is 1. The van der Waals surface area contributed by atoms with Gasteiger partial charge in [-0.1, -0.05) is 41.7 Å². The van der Waals surface area contributed by atoms with Crippen molar-refractivity contribution in [2.45, 2.75) is 42.6 Å². The van der Waals surface area contributed by atoms with Gasteiger partial charge in [0.25, 0.3) is 0 Å². The van der Waals surface area contributed by atoms with Gasteiger partial charge in [-0.15, -0.1) is 11.3 Å². The van der Waals surface area contributed by atoms with Crippen LogP contribution >= 0.6 is 46.1 Å². The fourth-order valence-electron chi connectivity index (χ4n) is 2.22. The molecule has 21 heavy (non-hydrogen) atoms. The molecule has 1 aliphatic rings. The number of aryl methyl sites for hydroxylation is 1. The average molecular weight is 367 g/mol. The number of carbonyl (C=O) groups is 1. The van der Waals surface area contributed by atoms with Crippen LogP contribution in [0.2, 0.25) is 0 Å². The van der Waals surface area contributed by atoms with E-state index in [0.717, 1.165) is 24.8 Å². The Balaban J connectivity index is 2.25. The number of amides is 1. The van der Waals surface area contributed by atoms with E-state index in [9.17, 15) is 10.1 Å². The normalized spacial score (nSPS) is 15.2. The molecule has 0 radical (unpaired) electrons. The molecule has 0 aromatic carbocycles. The van der Waals surface area contributed by atoms with Crippen molar-refractivity contribution in [1.82, 2.24) is 5.32 Å². The number of carbonyl (C=O) groups excluding carboxylic acids is 1. The van der Waals surface area contributed by atoms with Crippen molar-refractivity contribution < 1.29 is 4.79 Å². The molecule has 8 heteroatoms. The van der Waals surface area contributed by atoms with E-state index in [4.69, 9.17) is 34.8 Å². The average Bonchev–Trinajstić information content (AvgIpc) is 2.96. The van der Waals surface area contributed by atoms with Crippen LogP contribution in [0, 0.1) is 11.3 Å². The predicted molar refractivity (Wildman–Crippen MR) is 87.2 cm³/mol. The number of halogens is 3. The molecular formula is C13H14Cl3N3OS. The second-order valence-corrected chi connectivity index (χ2v) is 8.19. The lowest BCUT2D eigenvalue weighted by molar-refractivity contribution is -0.121. The topological polar surface area (TPSA) is 64.9 Å². The lowest BCUT2D eigenvalue weighted by Crippen LogP contribution is -2.48. The maximum atomic E-state index is 11.6. The highest BCUT2D eigenvalue weighted by molar-refractivity contribution is 7.16. The molecule has 114 valence electrons. The van der Waals surface area contributed by atoms with E-state index in [1.165, 1.54) is 16.2 Å². The number of nitrogens with one attached hydrogen (secondary N) is 2. The Morgan fingerprint density at radius 2 is 2.19 bits per heavy atom. The zero-order valence-electron chi connectivity index (χ0n) is 11.3. The van der Waals surface area contributed by atoms with Gasteiger partial charge in [-0.25, -0.2) is 0 Å². The van der Waals surface area contributed by atoms with Crippen LogP contribution in [0.4, 0.5) is 5.00 Å².